The third kappa shape index (κ3) is 1.90. The van der Waals surface area contributed by atoms with Gasteiger partial charge in [-0.2, -0.15) is 0 Å². The number of halogens is 1. The summed E-state index contributed by atoms with van der Waals surface area (Å²) in [4.78, 5) is 0. The molecule has 1 rings (SSSR count). The largest absolute Gasteiger partial charge is 0.387 e. The topological polar surface area (TPSA) is 35.9 Å². The van der Waals surface area contributed by atoms with Crippen molar-refractivity contribution in [2.45, 2.75) is 20.3 Å². The predicted octanol–water partition coefficient (Wildman–Crippen LogP) is 3.47. The fourth-order valence-corrected chi connectivity index (χ4v) is 1.61. The quantitative estimate of drug-likeness (QED) is 0.737. The number of anilines is 1. The van der Waals surface area contributed by atoms with Crippen molar-refractivity contribution in [2.24, 2.45) is 0 Å². The summed E-state index contributed by atoms with van der Waals surface area (Å²) in [6.45, 7) is 3.94. The van der Waals surface area contributed by atoms with Crippen molar-refractivity contribution in [1.82, 2.24) is 0 Å². The van der Waals surface area contributed by atoms with E-state index in [9.17, 15) is 0 Å². The Morgan fingerprint density at radius 1 is 1.50 bits per heavy atom. The molecule has 2 nitrogen and oxygen atoms in total. The summed E-state index contributed by atoms with van der Waals surface area (Å²) < 4.78 is 0. The van der Waals surface area contributed by atoms with Crippen LogP contribution >= 0.6 is 11.6 Å². The van der Waals surface area contributed by atoms with Gasteiger partial charge in [-0.15, -0.1) is 0 Å². The van der Waals surface area contributed by atoms with Crippen LogP contribution in [0.5, 0.6) is 0 Å². The molecule has 0 aliphatic heterocycles. The Balaban J connectivity index is 3.31. The van der Waals surface area contributed by atoms with Crippen molar-refractivity contribution in [3.05, 3.63) is 28.3 Å². The van der Waals surface area contributed by atoms with Gasteiger partial charge >= 0.3 is 0 Å². The first-order chi connectivity index (χ1) is 6.61. The van der Waals surface area contributed by atoms with Crippen LogP contribution in [0, 0.1) is 12.3 Å². The Labute approximate surface area is 89.8 Å². The lowest BCUT2D eigenvalue weighted by Gasteiger charge is -2.13. The lowest BCUT2D eigenvalue weighted by molar-refractivity contribution is 1.23. The molecule has 2 N–H and O–H groups in total. The number of benzene rings is 1. The van der Waals surface area contributed by atoms with E-state index < -0.39 is 0 Å². The van der Waals surface area contributed by atoms with Crippen LogP contribution in [0.1, 0.15) is 24.5 Å². The number of rotatable bonds is 3. The maximum Gasteiger partial charge on any atom is 0.0474 e. The standard InChI is InChI=1S/C11H15ClN2/c1-4-10(13)8-5-6-9(12)7(2)11(8)14-3/h5-6,13-14H,4H2,1-3H3. The zero-order valence-electron chi connectivity index (χ0n) is 8.74. The molecule has 1 aromatic rings. The fraction of sp³-hybridized carbons (Fsp3) is 0.364. The Kier molecular flexibility index (Phi) is 3.53. The molecular formula is C11H15ClN2. The summed E-state index contributed by atoms with van der Waals surface area (Å²) in [7, 11) is 1.85. The molecule has 0 fully saturated rings. The number of nitrogens with one attached hydrogen (secondary N) is 2. The zero-order chi connectivity index (χ0) is 10.7. The van der Waals surface area contributed by atoms with Gasteiger partial charge in [-0.3, -0.25) is 0 Å². The van der Waals surface area contributed by atoms with Gasteiger partial charge in [0.25, 0.3) is 0 Å². The molecule has 0 bridgehead atoms. The molecular weight excluding hydrogens is 196 g/mol. The summed E-state index contributed by atoms with van der Waals surface area (Å²) >= 11 is 6.00. The molecule has 0 spiro atoms. The Morgan fingerprint density at radius 3 is 2.64 bits per heavy atom. The maximum absolute atomic E-state index is 7.81. The summed E-state index contributed by atoms with van der Waals surface area (Å²) in [5.74, 6) is 0. The summed E-state index contributed by atoms with van der Waals surface area (Å²) in [6, 6.07) is 3.74. The Morgan fingerprint density at radius 2 is 2.14 bits per heavy atom. The molecule has 0 unspecified atom stereocenters. The number of hydrogen-bond acceptors (Lipinski definition) is 2. The van der Waals surface area contributed by atoms with E-state index in [-0.39, 0.29) is 0 Å². The van der Waals surface area contributed by atoms with Crippen molar-refractivity contribution in [3.8, 4) is 0 Å². The van der Waals surface area contributed by atoms with E-state index in [0.717, 1.165) is 28.3 Å². The van der Waals surface area contributed by atoms with E-state index in [1.165, 1.54) is 0 Å². The second-order valence-electron chi connectivity index (χ2n) is 3.18. The van der Waals surface area contributed by atoms with Crippen molar-refractivity contribution in [1.29, 1.82) is 5.41 Å². The first kappa shape index (κ1) is 11.1. The van der Waals surface area contributed by atoms with Crippen molar-refractivity contribution in [3.63, 3.8) is 0 Å². The summed E-state index contributed by atoms with van der Waals surface area (Å²) in [5, 5.41) is 11.6. The van der Waals surface area contributed by atoms with Crippen molar-refractivity contribution >= 4 is 23.0 Å². The van der Waals surface area contributed by atoms with E-state index in [0.29, 0.717) is 5.71 Å². The van der Waals surface area contributed by atoms with Crippen LogP contribution in [0.3, 0.4) is 0 Å². The van der Waals surface area contributed by atoms with Gasteiger partial charge in [-0.25, -0.2) is 0 Å². The van der Waals surface area contributed by atoms with Crippen LogP contribution in [-0.4, -0.2) is 12.8 Å². The minimum absolute atomic E-state index is 0.633. The lowest BCUT2D eigenvalue weighted by atomic mass is 10.0. The molecule has 0 amide bonds. The first-order valence-electron chi connectivity index (χ1n) is 4.66. The van der Waals surface area contributed by atoms with Crippen LogP contribution in [-0.2, 0) is 0 Å². The van der Waals surface area contributed by atoms with Crippen molar-refractivity contribution in [2.75, 3.05) is 12.4 Å². The molecule has 3 heteroatoms. The number of hydrogen-bond donors (Lipinski definition) is 2. The van der Waals surface area contributed by atoms with E-state index >= 15 is 0 Å². The molecule has 0 atom stereocenters. The molecule has 0 saturated carbocycles. The zero-order valence-corrected chi connectivity index (χ0v) is 9.50. The highest BCUT2D eigenvalue weighted by Crippen LogP contribution is 2.27. The van der Waals surface area contributed by atoms with E-state index in [2.05, 4.69) is 5.32 Å². The van der Waals surface area contributed by atoms with Gasteiger partial charge in [0, 0.05) is 29.0 Å². The van der Waals surface area contributed by atoms with Gasteiger partial charge in [0.2, 0.25) is 0 Å². The minimum Gasteiger partial charge on any atom is -0.387 e. The van der Waals surface area contributed by atoms with Gasteiger partial charge < -0.3 is 10.7 Å². The van der Waals surface area contributed by atoms with Crippen LogP contribution in [0.25, 0.3) is 0 Å². The SMILES string of the molecule is CCC(=N)c1ccc(Cl)c(C)c1NC. The van der Waals surface area contributed by atoms with E-state index in [4.69, 9.17) is 17.0 Å². The second kappa shape index (κ2) is 4.47. The molecule has 0 aliphatic carbocycles. The van der Waals surface area contributed by atoms with Gasteiger partial charge in [0.1, 0.15) is 0 Å². The van der Waals surface area contributed by atoms with Crippen molar-refractivity contribution < 1.29 is 0 Å². The summed E-state index contributed by atoms with van der Waals surface area (Å²) in [5.41, 5.74) is 3.54. The highest BCUT2D eigenvalue weighted by molar-refractivity contribution is 6.32. The second-order valence-corrected chi connectivity index (χ2v) is 3.58. The molecule has 14 heavy (non-hydrogen) atoms. The molecule has 0 radical (unpaired) electrons. The predicted molar refractivity (Wildman–Crippen MR) is 62.9 cm³/mol. The fourth-order valence-electron chi connectivity index (χ4n) is 1.45. The molecule has 0 heterocycles. The van der Waals surface area contributed by atoms with Gasteiger partial charge in [-0.1, -0.05) is 18.5 Å². The molecule has 1 aromatic carbocycles. The van der Waals surface area contributed by atoms with Gasteiger partial charge in [-0.05, 0) is 31.0 Å². The molecule has 0 aromatic heterocycles. The smallest absolute Gasteiger partial charge is 0.0474 e. The first-order valence-corrected chi connectivity index (χ1v) is 5.04. The van der Waals surface area contributed by atoms with Crippen LogP contribution in [0.2, 0.25) is 5.02 Å². The van der Waals surface area contributed by atoms with Crippen LogP contribution in [0.15, 0.2) is 12.1 Å². The minimum atomic E-state index is 0.633. The maximum atomic E-state index is 7.81. The monoisotopic (exact) mass is 210 g/mol. The highest BCUT2D eigenvalue weighted by Gasteiger charge is 2.09. The summed E-state index contributed by atoms with van der Waals surface area (Å²) in [6.07, 6.45) is 0.732. The van der Waals surface area contributed by atoms with Crippen LogP contribution < -0.4 is 5.32 Å². The molecule has 0 saturated heterocycles. The lowest BCUT2D eigenvalue weighted by Crippen LogP contribution is -2.04. The van der Waals surface area contributed by atoms with Gasteiger partial charge in [0.05, 0.1) is 0 Å². The van der Waals surface area contributed by atoms with Gasteiger partial charge in [0.15, 0.2) is 0 Å². The third-order valence-electron chi connectivity index (χ3n) is 2.33. The average Bonchev–Trinajstić information content (AvgIpc) is 2.20. The average molecular weight is 211 g/mol. The third-order valence-corrected chi connectivity index (χ3v) is 2.74. The highest BCUT2D eigenvalue weighted by atomic mass is 35.5. The normalized spacial score (nSPS) is 10.0. The molecule has 76 valence electrons. The Bertz CT molecular complexity index is 359. The van der Waals surface area contributed by atoms with Crippen LogP contribution in [0.4, 0.5) is 5.69 Å². The van der Waals surface area contributed by atoms with E-state index in [1.54, 1.807) is 0 Å². The molecule has 0 aliphatic rings. The Hall–Kier alpha value is -1.02. The van der Waals surface area contributed by atoms with E-state index in [1.807, 2.05) is 33.0 Å².